The van der Waals surface area contributed by atoms with E-state index in [0.717, 1.165) is 23.2 Å². The number of esters is 1. The normalized spacial score (nSPS) is 16.6. The summed E-state index contributed by atoms with van der Waals surface area (Å²) >= 11 is 4.61. The van der Waals surface area contributed by atoms with E-state index in [1.165, 1.54) is 11.3 Å². The molecule has 1 saturated heterocycles. The minimum Gasteiger partial charge on any atom is -0.491 e. The zero-order valence-corrected chi connectivity index (χ0v) is 15.8. The fourth-order valence-corrected chi connectivity index (χ4v) is 3.71. The third-order valence-corrected chi connectivity index (χ3v) is 5.40. The highest BCUT2D eigenvalue weighted by molar-refractivity contribution is 9.11. The first-order chi connectivity index (χ1) is 12.1. The van der Waals surface area contributed by atoms with Crippen LogP contribution in [0.3, 0.4) is 0 Å². The molecular formula is C18H17BrO5S. The SMILES string of the molecule is O=C(OCC(=O)c1ccc(Br)s1)c1ccc(OC[C@H]2CCCO2)cc1. The van der Waals surface area contributed by atoms with Crippen LogP contribution in [0.1, 0.15) is 32.9 Å². The third kappa shape index (κ3) is 5.14. The molecule has 0 radical (unpaired) electrons. The Morgan fingerprint density at radius 3 is 2.64 bits per heavy atom. The summed E-state index contributed by atoms with van der Waals surface area (Å²) in [5.41, 5.74) is 0.379. The van der Waals surface area contributed by atoms with Crippen molar-refractivity contribution < 1.29 is 23.8 Å². The lowest BCUT2D eigenvalue weighted by molar-refractivity contribution is 0.0475. The van der Waals surface area contributed by atoms with Gasteiger partial charge in [0.05, 0.1) is 20.3 Å². The molecule has 132 valence electrons. The summed E-state index contributed by atoms with van der Waals surface area (Å²) < 4.78 is 17.1. The summed E-state index contributed by atoms with van der Waals surface area (Å²) in [5.74, 6) is -0.0817. The van der Waals surface area contributed by atoms with Gasteiger partial charge in [-0.25, -0.2) is 4.79 Å². The molecule has 0 amide bonds. The molecule has 5 nitrogen and oxygen atoms in total. The van der Waals surface area contributed by atoms with Gasteiger partial charge in [0.25, 0.3) is 0 Å². The number of ketones is 1. The maximum absolute atomic E-state index is 12.0. The molecule has 1 aliphatic heterocycles. The predicted molar refractivity (Wildman–Crippen MR) is 97.5 cm³/mol. The minimum atomic E-state index is -0.533. The molecule has 0 saturated carbocycles. The predicted octanol–water partition coefficient (Wildman–Crippen LogP) is 4.11. The summed E-state index contributed by atoms with van der Waals surface area (Å²) in [4.78, 5) is 24.5. The molecule has 1 atom stereocenters. The van der Waals surface area contributed by atoms with Gasteiger partial charge in [-0.3, -0.25) is 4.79 Å². The van der Waals surface area contributed by atoms with Gasteiger partial charge in [-0.05, 0) is 65.2 Å². The fraction of sp³-hybridized carbons (Fsp3) is 0.333. The maximum atomic E-state index is 12.0. The molecule has 1 fully saturated rings. The number of ether oxygens (including phenoxy) is 3. The van der Waals surface area contributed by atoms with Crippen molar-refractivity contribution in [2.24, 2.45) is 0 Å². The van der Waals surface area contributed by atoms with Crippen molar-refractivity contribution in [3.63, 3.8) is 0 Å². The van der Waals surface area contributed by atoms with E-state index in [1.807, 2.05) is 0 Å². The highest BCUT2D eigenvalue weighted by Gasteiger charge is 2.16. The Hall–Kier alpha value is -1.70. The topological polar surface area (TPSA) is 61.8 Å². The molecule has 0 spiro atoms. The standard InChI is InChI=1S/C18H17BrO5S/c19-17-8-7-16(25-17)15(20)11-24-18(21)12-3-5-13(6-4-12)23-10-14-2-1-9-22-14/h3-8,14H,1-2,9-11H2/t14-/m1/s1. The first kappa shape index (κ1) is 18.1. The Kier molecular flexibility index (Phi) is 6.23. The Labute approximate surface area is 158 Å². The van der Waals surface area contributed by atoms with Crippen molar-refractivity contribution in [2.75, 3.05) is 19.8 Å². The second-order valence-electron chi connectivity index (χ2n) is 5.57. The molecule has 0 unspecified atom stereocenters. The highest BCUT2D eigenvalue weighted by atomic mass is 79.9. The number of benzene rings is 1. The van der Waals surface area contributed by atoms with E-state index in [1.54, 1.807) is 36.4 Å². The van der Waals surface area contributed by atoms with E-state index in [-0.39, 0.29) is 18.5 Å². The van der Waals surface area contributed by atoms with E-state index in [4.69, 9.17) is 14.2 Å². The number of thiophene rings is 1. The number of carbonyl (C=O) groups excluding carboxylic acids is 2. The molecule has 25 heavy (non-hydrogen) atoms. The van der Waals surface area contributed by atoms with Crippen molar-refractivity contribution in [3.8, 4) is 5.75 Å². The van der Waals surface area contributed by atoms with Crippen molar-refractivity contribution >= 4 is 39.0 Å². The van der Waals surface area contributed by atoms with Gasteiger partial charge in [-0.15, -0.1) is 11.3 Å². The molecule has 2 aromatic rings. The average Bonchev–Trinajstić information content (AvgIpc) is 3.29. The van der Waals surface area contributed by atoms with Crippen molar-refractivity contribution in [1.29, 1.82) is 0 Å². The summed E-state index contributed by atoms with van der Waals surface area (Å²) in [6.07, 6.45) is 2.23. The van der Waals surface area contributed by atoms with Crippen LogP contribution in [0.25, 0.3) is 0 Å². The lowest BCUT2D eigenvalue weighted by Crippen LogP contribution is -2.16. The molecule has 1 aliphatic rings. The van der Waals surface area contributed by atoms with Crippen LogP contribution >= 0.6 is 27.3 Å². The number of hydrogen-bond acceptors (Lipinski definition) is 6. The molecule has 0 N–H and O–H groups in total. The number of halogens is 1. The molecule has 0 bridgehead atoms. The average molecular weight is 425 g/mol. The van der Waals surface area contributed by atoms with Crippen LogP contribution in [0, 0.1) is 0 Å². The Morgan fingerprint density at radius 2 is 2.00 bits per heavy atom. The van der Waals surface area contributed by atoms with Crippen LogP contribution < -0.4 is 4.74 Å². The molecule has 3 rings (SSSR count). The van der Waals surface area contributed by atoms with Crippen molar-refractivity contribution in [3.05, 3.63) is 50.6 Å². The van der Waals surface area contributed by atoms with E-state index in [2.05, 4.69) is 15.9 Å². The number of hydrogen-bond donors (Lipinski definition) is 0. The molecule has 7 heteroatoms. The Bertz CT molecular complexity index is 734. The van der Waals surface area contributed by atoms with Gasteiger partial charge in [0.1, 0.15) is 12.4 Å². The number of carbonyl (C=O) groups is 2. The van der Waals surface area contributed by atoms with Crippen LogP contribution in [-0.4, -0.2) is 37.7 Å². The molecule has 2 heterocycles. The van der Waals surface area contributed by atoms with Crippen LogP contribution in [0.15, 0.2) is 40.2 Å². The van der Waals surface area contributed by atoms with E-state index >= 15 is 0 Å². The van der Waals surface area contributed by atoms with Crippen LogP contribution in [-0.2, 0) is 9.47 Å². The summed E-state index contributed by atoms with van der Waals surface area (Å²) in [7, 11) is 0. The first-order valence-electron chi connectivity index (χ1n) is 7.92. The summed E-state index contributed by atoms with van der Waals surface area (Å²) in [6.45, 7) is 1.03. The highest BCUT2D eigenvalue weighted by Crippen LogP contribution is 2.22. The Morgan fingerprint density at radius 1 is 1.20 bits per heavy atom. The zero-order valence-electron chi connectivity index (χ0n) is 13.4. The van der Waals surface area contributed by atoms with Crippen molar-refractivity contribution in [2.45, 2.75) is 18.9 Å². The van der Waals surface area contributed by atoms with E-state index < -0.39 is 5.97 Å². The quantitative estimate of drug-likeness (QED) is 0.494. The van der Waals surface area contributed by atoms with Gasteiger partial charge in [-0.2, -0.15) is 0 Å². The van der Waals surface area contributed by atoms with Gasteiger partial charge in [0.2, 0.25) is 5.78 Å². The monoisotopic (exact) mass is 424 g/mol. The first-order valence-corrected chi connectivity index (χ1v) is 9.53. The van der Waals surface area contributed by atoms with Gasteiger partial charge in [-0.1, -0.05) is 0 Å². The Balaban J connectivity index is 1.47. The smallest absolute Gasteiger partial charge is 0.338 e. The number of rotatable bonds is 7. The molecule has 0 aliphatic carbocycles. The molecular weight excluding hydrogens is 408 g/mol. The lowest BCUT2D eigenvalue weighted by atomic mass is 10.2. The van der Waals surface area contributed by atoms with E-state index in [0.29, 0.717) is 22.8 Å². The van der Waals surface area contributed by atoms with Gasteiger partial charge < -0.3 is 14.2 Å². The maximum Gasteiger partial charge on any atom is 0.338 e. The number of Topliss-reactive ketones (excluding diaryl/α,β-unsaturated/α-hetero) is 1. The van der Waals surface area contributed by atoms with E-state index in [9.17, 15) is 9.59 Å². The van der Waals surface area contributed by atoms with Crippen LogP contribution in [0.2, 0.25) is 0 Å². The molecule has 1 aromatic heterocycles. The molecule has 1 aromatic carbocycles. The van der Waals surface area contributed by atoms with Crippen LogP contribution in [0.5, 0.6) is 5.75 Å². The third-order valence-electron chi connectivity index (χ3n) is 3.73. The fourth-order valence-electron chi connectivity index (χ4n) is 2.40. The second-order valence-corrected chi connectivity index (χ2v) is 8.04. The van der Waals surface area contributed by atoms with Gasteiger partial charge in [0.15, 0.2) is 6.61 Å². The van der Waals surface area contributed by atoms with Crippen LogP contribution in [0.4, 0.5) is 0 Å². The van der Waals surface area contributed by atoms with Gasteiger partial charge in [0, 0.05) is 6.61 Å². The minimum absolute atomic E-state index is 0.146. The van der Waals surface area contributed by atoms with Crippen molar-refractivity contribution in [1.82, 2.24) is 0 Å². The largest absolute Gasteiger partial charge is 0.491 e. The zero-order chi connectivity index (χ0) is 17.6. The summed E-state index contributed by atoms with van der Waals surface area (Å²) in [5, 5.41) is 0. The summed E-state index contributed by atoms with van der Waals surface area (Å²) in [6, 6.07) is 10.2. The second kappa shape index (κ2) is 8.60. The van der Waals surface area contributed by atoms with Gasteiger partial charge >= 0.3 is 5.97 Å². The lowest BCUT2D eigenvalue weighted by Gasteiger charge is -2.11.